The molecular formula is C15H19NOS2. The van der Waals surface area contributed by atoms with Crippen molar-refractivity contribution in [2.24, 2.45) is 5.41 Å². The summed E-state index contributed by atoms with van der Waals surface area (Å²) in [5.74, 6) is 0.876. The Kier molecular flexibility index (Phi) is 3.72. The van der Waals surface area contributed by atoms with Gasteiger partial charge in [0.2, 0.25) is 0 Å². The van der Waals surface area contributed by atoms with E-state index in [1.807, 2.05) is 22.2 Å². The van der Waals surface area contributed by atoms with Gasteiger partial charge in [0.25, 0.3) is 5.56 Å². The number of thiophene rings is 1. The molecule has 19 heavy (non-hydrogen) atoms. The molecule has 4 heteroatoms. The molecule has 2 nitrogen and oxygen atoms in total. The van der Waals surface area contributed by atoms with E-state index in [1.165, 1.54) is 32.1 Å². The molecule has 0 saturated heterocycles. The lowest BCUT2D eigenvalue weighted by Crippen LogP contribution is -2.35. The van der Waals surface area contributed by atoms with Crippen molar-refractivity contribution >= 4 is 34.1 Å². The second-order valence-electron chi connectivity index (χ2n) is 5.67. The molecule has 0 N–H and O–H groups in total. The highest BCUT2D eigenvalue weighted by Crippen LogP contribution is 2.38. The van der Waals surface area contributed by atoms with Crippen LogP contribution in [0.3, 0.4) is 0 Å². The quantitative estimate of drug-likeness (QED) is 0.851. The molecule has 102 valence electrons. The molecule has 1 aliphatic carbocycles. The van der Waals surface area contributed by atoms with Crippen LogP contribution in [0.5, 0.6) is 0 Å². The van der Waals surface area contributed by atoms with Gasteiger partial charge in [-0.3, -0.25) is 4.79 Å². The van der Waals surface area contributed by atoms with Gasteiger partial charge in [0.05, 0.1) is 5.39 Å². The van der Waals surface area contributed by atoms with Crippen LogP contribution in [0, 0.1) is 5.41 Å². The first-order valence-electron chi connectivity index (χ1n) is 6.92. The van der Waals surface area contributed by atoms with Gasteiger partial charge in [0.15, 0.2) is 0 Å². The lowest BCUT2D eigenvalue weighted by atomic mass is 9.75. The first-order valence-corrected chi connectivity index (χ1v) is 8.43. The Morgan fingerprint density at radius 3 is 2.79 bits per heavy atom. The Balaban J connectivity index is 1.95. The van der Waals surface area contributed by atoms with Crippen LogP contribution in [0.1, 0.15) is 32.1 Å². The molecule has 2 aromatic rings. The Morgan fingerprint density at radius 2 is 2.05 bits per heavy atom. The van der Waals surface area contributed by atoms with Gasteiger partial charge >= 0.3 is 0 Å². The minimum Gasteiger partial charge on any atom is -0.314 e. The first kappa shape index (κ1) is 13.3. The van der Waals surface area contributed by atoms with Crippen molar-refractivity contribution < 1.29 is 0 Å². The predicted molar refractivity (Wildman–Crippen MR) is 85.5 cm³/mol. The maximum absolute atomic E-state index is 12.5. The lowest BCUT2D eigenvalue weighted by Gasteiger charge is -2.36. The predicted octanol–water partition coefficient (Wildman–Crippen LogP) is 3.94. The average molecular weight is 293 g/mol. The van der Waals surface area contributed by atoms with Crippen LogP contribution in [-0.4, -0.2) is 10.3 Å². The zero-order chi connectivity index (χ0) is 13.3. The normalized spacial score (nSPS) is 18.8. The Hall–Kier alpha value is -0.740. The van der Waals surface area contributed by atoms with Crippen LogP contribution in [0.25, 0.3) is 10.1 Å². The average Bonchev–Trinajstić information content (AvgIpc) is 2.92. The van der Waals surface area contributed by atoms with Gasteiger partial charge in [-0.2, -0.15) is 12.6 Å². The Labute approximate surface area is 122 Å². The van der Waals surface area contributed by atoms with Gasteiger partial charge in [0.1, 0.15) is 0 Å². The zero-order valence-electron chi connectivity index (χ0n) is 11.0. The summed E-state index contributed by atoms with van der Waals surface area (Å²) in [6, 6.07) is 4.00. The van der Waals surface area contributed by atoms with E-state index in [0.717, 1.165) is 22.4 Å². The van der Waals surface area contributed by atoms with E-state index in [-0.39, 0.29) is 11.0 Å². The number of hydrogen-bond acceptors (Lipinski definition) is 3. The second kappa shape index (κ2) is 5.33. The standard InChI is InChI=1S/C15H19NOS2/c17-14-12-5-9-19-13(12)4-8-16(14)10-15(11-18)6-2-1-3-7-15/h4-5,8-9,18H,1-3,6-7,10-11H2. The molecule has 1 aliphatic rings. The Morgan fingerprint density at radius 1 is 1.26 bits per heavy atom. The number of nitrogens with zero attached hydrogens (tertiary/aromatic N) is 1. The first-order chi connectivity index (χ1) is 9.24. The van der Waals surface area contributed by atoms with E-state index >= 15 is 0 Å². The van der Waals surface area contributed by atoms with Crippen molar-refractivity contribution in [3.63, 3.8) is 0 Å². The van der Waals surface area contributed by atoms with Crippen molar-refractivity contribution in [2.45, 2.75) is 38.6 Å². The summed E-state index contributed by atoms with van der Waals surface area (Å²) in [4.78, 5) is 12.5. The van der Waals surface area contributed by atoms with E-state index in [1.54, 1.807) is 11.3 Å². The highest BCUT2D eigenvalue weighted by Gasteiger charge is 2.31. The summed E-state index contributed by atoms with van der Waals surface area (Å²) >= 11 is 6.19. The number of aromatic nitrogens is 1. The van der Waals surface area contributed by atoms with E-state index in [9.17, 15) is 4.79 Å². The van der Waals surface area contributed by atoms with Crippen LogP contribution >= 0.6 is 24.0 Å². The number of fused-ring (bicyclic) bond motifs is 1. The summed E-state index contributed by atoms with van der Waals surface area (Å²) in [5.41, 5.74) is 0.375. The summed E-state index contributed by atoms with van der Waals surface area (Å²) in [6.45, 7) is 0.821. The van der Waals surface area contributed by atoms with Crippen LogP contribution in [-0.2, 0) is 6.54 Å². The van der Waals surface area contributed by atoms with Crippen molar-refractivity contribution in [2.75, 3.05) is 5.75 Å². The van der Waals surface area contributed by atoms with Crippen LogP contribution in [0.4, 0.5) is 0 Å². The molecule has 0 aromatic carbocycles. The van der Waals surface area contributed by atoms with E-state index in [4.69, 9.17) is 0 Å². The Bertz CT molecular complexity index is 622. The lowest BCUT2D eigenvalue weighted by molar-refractivity contribution is 0.188. The molecule has 0 unspecified atom stereocenters. The molecule has 0 amide bonds. The third-order valence-electron chi connectivity index (χ3n) is 4.35. The van der Waals surface area contributed by atoms with Crippen molar-refractivity contribution in [1.29, 1.82) is 0 Å². The fourth-order valence-electron chi connectivity index (χ4n) is 3.16. The summed E-state index contributed by atoms with van der Waals surface area (Å²) < 4.78 is 2.99. The monoisotopic (exact) mass is 293 g/mol. The zero-order valence-corrected chi connectivity index (χ0v) is 12.7. The number of rotatable bonds is 3. The van der Waals surface area contributed by atoms with E-state index < -0.39 is 0 Å². The molecule has 3 rings (SSSR count). The van der Waals surface area contributed by atoms with Gasteiger partial charge in [-0.05, 0) is 41.5 Å². The smallest absolute Gasteiger partial charge is 0.259 e. The number of thiol groups is 1. The van der Waals surface area contributed by atoms with Crippen LogP contribution in [0.15, 0.2) is 28.5 Å². The highest BCUT2D eigenvalue weighted by molar-refractivity contribution is 7.80. The maximum Gasteiger partial charge on any atom is 0.259 e. The van der Waals surface area contributed by atoms with Gasteiger partial charge in [-0.25, -0.2) is 0 Å². The molecular weight excluding hydrogens is 274 g/mol. The molecule has 0 radical (unpaired) electrons. The fourth-order valence-corrected chi connectivity index (χ4v) is 4.35. The summed E-state index contributed by atoms with van der Waals surface area (Å²) in [5, 5.41) is 2.85. The van der Waals surface area contributed by atoms with Gasteiger partial charge in [0, 0.05) is 17.4 Å². The molecule has 1 fully saturated rings. The minimum absolute atomic E-state index is 0.158. The topological polar surface area (TPSA) is 22.0 Å². The van der Waals surface area contributed by atoms with Gasteiger partial charge in [-0.15, -0.1) is 11.3 Å². The van der Waals surface area contributed by atoms with Crippen LogP contribution in [0.2, 0.25) is 0 Å². The van der Waals surface area contributed by atoms with E-state index in [0.29, 0.717) is 0 Å². The highest BCUT2D eigenvalue weighted by atomic mass is 32.1. The third-order valence-corrected chi connectivity index (χ3v) is 5.90. The van der Waals surface area contributed by atoms with Crippen molar-refractivity contribution in [1.82, 2.24) is 4.57 Å². The molecule has 2 heterocycles. The third kappa shape index (κ3) is 2.48. The van der Waals surface area contributed by atoms with Gasteiger partial charge in [-0.1, -0.05) is 19.3 Å². The summed E-state index contributed by atoms with van der Waals surface area (Å²) in [6.07, 6.45) is 8.23. The van der Waals surface area contributed by atoms with E-state index in [2.05, 4.69) is 18.7 Å². The molecule has 0 bridgehead atoms. The van der Waals surface area contributed by atoms with Crippen molar-refractivity contribution in [3.05, 3.63) is 34.1 Å². The maximum atomic E-state index is 12.5. The minimum atomic E-state index is 0.158. The molecule has 1 saturated carbocycles. The SMILES string of the molecule is O=c1c2ccsc2ccn1CC1(CS)CCCCC1. The molecule has 0 spiro atoms. The largest absolute Gasteiger partial charge is 0.314 e. The second-order valence-corrected chi connectivity index (χ2v) is 6.93. The molecule has 0 atom stereocenters. The van der Waals surface area contributed by atoms with Crippen LogP contribution < -0.4 is 5.56 Å². The molecule has 0 aliphatic heterocycles. The van der Waals surface area contributed by atoms with Crippen molar-refractivity contribution in [3.8, 4) is 0 Å². The van der Waals surface area contributed by atoms with Gasteiger partial charge < -0.3 is 4.57 Å². The fraction of sp³-hybridized carbons (Fsp3) is 0.533. The number of pyridine rings is 1. The molecule has 2 aromatic heterocycles. The number of hydrogen-bond donors (Lipinski definition) is 1. The summed E-state index contributed by atoms with van der Waals surface area (Å²) in [7, 11) is 0.